The van der Waals surface area contributed by atoms with Gasteiger partial charge in [-0.15, -0.1) is 0 Å². The van der Waals surface area contributed by atoms with Crippen LogP contribution in [0.25, 0.3) is 0 Å². The summed E-state index contributed by atoms with van der Waals surface area (Å²) in [6.45, 7) is 17.1. The minimum Gasteiger partial charge on any atom is -0.345 e. The normalized spacial score (nSPS) is 25.1. The number of anilines is 1. The zero-order valence-electron chi connectivity index (χ0n) is 14.4. The van der Waals surface area contributed by atoms with Gasteiger partial charge in [-0.2, -0.15) is 4.37 Å². The molecule has 3 rings (SSSR count). The van der Waals surface area contributed by atoms with Crippen LogP contribution in [-0.2, 0) is 5.41 Å². The summed E-state index contributed by atoms with van der Waals surface area (Å²) >= 11 is 1.56. The third-order valence-electron chi connectivity index (χ3n) is 4.89. The third-order valence-corrected chi connectivity index (χ3v) is 5.67. The quantitative estimate of drug-likeness (QED) is 0.851. The number of hydrogen-bond acceptors (Lipinski definition) is 6. The topological polar surface area (TPSA) is 35.5 Å². The first-order valence-electron chi connectivity index (χ1n) is 8.53. The average Bonchev–Trinajstić information content (AvgIpc) is 3.15. The molecule has 2 aliphatic rings. The van der Waals surface area contributed by atoms with E-state index in [1.165, 1.54) is 39.1 Å². The molecule has 1 unspecified atom stereocenters. The smallest absolute Gasteiger partial charge is 0.205 e. The molecule has 0 aliphatic carbocycles. The molecule has 1 atom stereocenters. The summed E-state index contributed by atoms with van der Waals surface area (Å²) in [5, 5.41) is 1.11. The van der Waals surface area contributed by atoms with Gasteiger partial charge in [0.05, 0.1) is 0 Å². The first kappa shape index (κ1) is 16.1. The Morgan fingerprint density at radius 1 is 1.14 bits per heavy atom. The van der Waals surface area contributed by atoms with Gasteiger partial charge >= 0.3 is 0 Å². The van der Waals surface area contributed by atoms with E-state index in [2.05, 4.69) is 46.8 Å². The highest BCUT2D eigenvalue weighted by atomic mass is 32.1. The largest absolute Gasteiger partial charge is 0.345 e. The van der Waals surface area contributed by atoms with Gasteiger partial charge in [0.15, 0.2) is 0 Å². The average molecular weight is 324 g/mol. The Morgan fingerprint density at radius 2 is 1.86 bits per heavy atom. The molecule has 1 aromatic heterocycles. The molecular weight excluding hydrogens is 294 g/mol. The fraction of sp³-hybridized carbons (Fsp3) is 0.875. The zero-order valence-corrected chi connectivity index (χ0v) is 15.2. The van der Waals surface area contributed by atoms with Crippen LogP contribution >= 0.6 is 11.5 Å². The molecule has 6 heteroatoms. The number of nitrogens with zero attached hydrogens (tertiary/aromatic N) is 5. The van der Waals surface area contributed by atoms with Gasteiger partial charge in [-0.1, -0.05) is 27.7 Å². The highest BCUT2D eigenvalue weighted by Gasteiger charge is 2.31. The van der Waals surface area contributed by atoms with Crippen molar-refractivity contribution in [3.63, 3.8) is 0 Å². The van der Waals surface area contributed by atoms with E-state index in [1.54, 1.807) is 11.5 Å². The minimum atomic E-state index is 0.0460. The molecule has 5 nitrogen and oxygen atoms in total. The molecule has 0 amide bonds. The van der Waals surface area contributed by atoms with E-state index >= 15 is 0 Å². The predicted octanol–water partition coefficient (Wildman–Crippen LogP) is 2.05. The molecule has 0 N–H and O–H groups in total. The maximum Gasteiger partial charge on any atom is 0.205 e. The number of aromatic nitrogens is 2. The van der Waals surface area contributed by atoms with E-state index in [4.69, 9.17) is 4.98 Å². The highest BCUT2D eigenvalue weighted by molar-refractivity contribution is 7.09. The van der Waals surface area contributed by atoms with E-state index in [0.717, 1.165) is 24.0 Å². The van der Waals surface area contributed by atoms with Crippen LogP contribution in [-0.4, -0.2) is 71.0 Å². The van der Waals surface area contributed by atoms with E-state index in [9.17, 15) is 0 Å². The molecule has 2 aliphatic heterocycles. The number of hydrogen-bond donors (Lipinski definition) is 0. The van der Waals surface area contributed by atoms with Crippen molar-refractivity contribution in [1.29, 1.82) is 0 Å². The van der Waals surface area contributed by atoms with Crippen molar-refractivity contribution in [2.24, 2.45) is 0 Å². The van der Waals surface area contributed by atoms with Gasteiger partial charge in [-0.25, -0.2) is 4.98 Å². The van der Waals surface area contributed by atoms with Crippen molar-refractivity contribution in [3.05, 3.63) is 5.82 Å². The first-order valence-corrected chi connectivity index (χ1v) is 9.30. The molecule has 22 heavy (non-hydrogen) atoms. The Balaban J connectivity index is 1.57. The van der Waals surface area contributed by atoms with Crippen molar-refractivity contribution in [3.8, 4) is 0 Å². The zero-order chi connectivity index (χ0) is 15.7. The lowest BCUT2D eigenvalue weighted by atomic mass is 9.96. The Hall–Kier alpha value is -0.720. The fourth-order valence-electron chi connectivity index (χ4n) is 3.31. The Bertz CT molecular complexity index is 487. The monoisotopic (exact) mass is 323 g/mol. The van der Waals surface area contributed by atoms with Gasteiger partial charge in [0.25, 0.3) is 0 Å². The summed E-state index contributed by atoms with van der Waals surface area (Å²) in [5.41, 5.74) is 0.0460. The SMILES string of the molecule is CCN1CCN(C2CCN(c3nc(C(C)(C)C)ns3)C2)CC1. The molecule has 3 heterocycles. The summed E-state index contributed by atoms with van der Waals surface area (Å²) in [7, 11) is 0. The highest BCUT2D eigenvalue weighted by Crippen LogP contribution is 2.28. The molecule has 0 aromatic carbocycles. The van der Waals surface area contributed by atoms with Crippen molar-refractivity contribution < 1.29 is 0 Å². The van der Waals surface area contributed by atoms with Gasteiger partial charge in [-0.05, 0) is 13.0 Å². The number of rotatable bonds is 3. The summed E-state index contributed by atoms with van der Waals surface area (Å²) in [5.74, 6) is 0.979. The molecule has 2 saturated heterocycles. The van der Waals surface area contributed by atoms with Gasteiger partial charge in [0, 0.05) is 62.3 Å². The van der Waals surface area contributed by atoms with Crippen LogP contribution in [0.2, 0.25) is 0 Å². The van der Waals surface area contributed by atoms with Crippen molar-refractivity contribution >= 4 is 16.7 Å². The molecule has 0 saturated carbocycles. The van der Waals surface area contributed by atoms with E-state index < -0.39 is 0 Å². The maximum absolute atomic E-state index is 4.78. The molecular formula is C16H29N5S. The Labute approximate surface area is 138 Å². The van der Waals surface area contributed by atoms with Gasteiger partial charge in [-0.3, -0.25) is 4.90 Å². The summed E-state index contributed by atoms with van der Waals surface area (Å²) in [6.07, 6.45) is 1.26. The lowest BCUT2D eigenvalue weighted by molar-refractivity contribution is 0.107. The van der Waals surface area contributed by atoms with Gasteiger partial charge < -0.3 is 9.80 Å². The Kier molecular flexibility index (Phi) is 4.71. The number of likely N-dealkylation sites (N-methyl/N-ethyl adjacent to an activating group) is 1. The number of piperazine rings is 1. The van der Waals surface area contributed by atoms with Gasteiger partial charge in [0.1, 0.15) is 5.82 Å². The van der Waals surface area contributed by atoms with Crippen LogP contribution in [0.4, 0.5) is 5.13 Å². The molecule has 0 bridgehead atoms. The second kappa shape index (κ2) is 6.42. The van der Waals surface area contributed by atoms with Crippen molar-refractivity contribution in [2.45, 2.75) is 45.6 Å². The molecule has 0 radical (unpaired) electrons. The van der Waals surface area contributed by atoms with Crippen LogP contribution in [0.1, 0.15) is 39.9 Å². The summed E-state index contributed by atoms with van der Waals surface area (Å²) in [4.78, 5) is 12.4. The van der Waals surface area contributed by atoms with Crippen LogP contribution < -0.4 is 4.90 Å². The Morgan fingerprint density at radius 3 is 2.45 bits per heavy atom. The second-order valence-corrected chi connectivity index (χ2v) is 8.24. The van der Waals surface area contributed by atoms with Crippen LogP contribution in [0.3, 0.4) is 0 Å². The van der Waals surface area contributed by atoms with E-state index in [-0.39, 0.29) is 5.41 Å². The third kappa shape index (κ3) is 3.44. The van der Waals surface area contributed by atoms with E-state index in [0.29, 0.717) is 6.04 Å². The maximum atomic E-state index is 4.78. The lowest BCUT2D eigenvalue weighted by Gasteiger charge is -2.37. The summed E-state index contributed by atoms with van der Waals surface area (Å²) < 4.78 is 4.56. The van der Waals surface area contributed by atoms with Crippen LogP contribution in [0.5, 0.6) is 0 Å². The fourth-order valence-corrected chi connectivity index (χ4v) is 4.20. The van der Waals surface area contributed by atoms with Crippen LogP contribution in [0.15, 0.2) is 0 Å². The minimum absolute atomic E-state index is 0.0460. The predicted molar refractivity (Wildman–Crippen MR) is 92.9 cm³/mol. The molecule has 0 spiro atoms. The van der Waals surface area contributed by atoms with Gasteiger partial charge in [0.2, 0.25) is 5.13 Å². The molecule has 2 fully saturated rings. The molecule has 1 aromatic rings. The van der Waals surface area contributed by atoms with Crippen LogP contribution in [0, 0.1) is 0 Å². The lowest BCUT2D eigenvalue weighted by Crippen LogP contribution is -2.50. The van der Waals surface area contributed by atoms with Crippen molar-refractivity contribution in [2.75, 3.05) is 50.7 Å². The summed E-state index contributed by atoms with van der Waals surface area (Å²) in [6, 6.07) is 0.695. The van der Waals surface area contributed by atoms with E-state index in [1.807, 2.05) is 0 Å². The second-order valence-electron chi connectivity index (χ2n) is 7.51. The van der Waals surface area contributed by atoms with Crippen molar-refractivity contribution in [1.82, 2.24) is 19.2 Å². The standard InChI is InChI=1S/C16H29N5S/c1-5-19-8-10-20(11-9-19)13-6-7-21(12-13)15-17-14(18-22-15)16(2,3)4/h13H,5-12H2,1-4H3. The molecule has 124 valence electrons. The first-order chi connectivity index (χ1) is 10.5.